The third-order valence-corrected chi connectivity index (χ3v) is 1.63. The van der Waals surface area contributed by atoms with Gasteiger partial charge in [-0.1, -0.05) is 17.7 Å². The molecule has 0 aliphatic heterocycles. The van der Waals surface area contributed by atoms with E-state index in [1.807, 2.05) is 13.0 Å². The van der Waals surface area contributed by atoms with E-state index in [2.05, 4.69) is 0 Å². The standard InChI is InChI=1S/C11H13O3/c1-8-4-3-5-10(6-8)11(13)14-7-9(2)12/h3-7,9,12H,1-2H3. The van der Waals surface area contributed by atoms with Gasteiger partial charge in [-0.3, -0.25) is 0 Å². The van der Waals surface area contributed by atoms with Gasteiger partial charge in [0.2, 0.25) is 0 Å². The minimum atomic E-state index is -0.747. The van der Waals surface area contributed by atoms with E-state index in [1.54, 1.807) is 18.2 Å². The largest absolute Gasteiger partial charge is 0.452 e. The lowest BCUT2D eigenvalue weighted by Crippen LogP contribution is -2.10. The highest BCUT2D eigenvalue weighted by Gasteiger charge is 2.08. The summed E-state index contributed by atoms with van der Waals surface area (Å²) in [5.74, 6) is -0.449. The molecule has 0 aliphatic rings. The molecule has 1 radical (unpaired) electrons. The number of rotatable bonds is 3. The molecule has 75 valence electrons. The van der Waals surface area contributed by atoms with Crippen molar-refractivity contribution in [3.63, 3.8) is 0 Å². The molecule has 14 heavy (non-hydrogen) atoms. The van der Waals surface area contributed by atoms with Gasteiger partial charge in [-0.25, -0.2) is 4.79 Å². The molecule has 0 spiro atoms. The molecule has 0 aliphatic carbocycles. The molecule has 3 nitrogen and oxygen atoms in total. The van der Waals surface area contributed by atoms with Crippen LogP contribution in [-0.4, -0.2) is 17.2 Å². The van der Waals surface area contributed by atoms with Crippen LogP contribution in [0.3, 0.4) is 0 Å². The first-order valence-corrected chi connectivity index (χ1v) is 4.38. The number of aryl methyl sites for hydroxylation is 1. The molecule has 0 amide bonds. The summed E-state index contributed by atoms with van der Waals surface area (Å²) in [5.41, 5.74) is 1.48. The van der Waals surface area contributed by atoms with Crippen molar-refractivity contribution in [2.45, 2.75) is 20.0 Å². The lowest BCUT2D eigenvalue weighted by Gasteiger charge is -2.05. The quantitative estimate of drug-likeness (QED) is 0.743. The second-order valence-corrected chi connectivity index (χ2v) is 3.15. The van der Waals surface area contributed by atoms with Crippen LogP contribution in [0, 0.1) is 13.5 Å². The van der Waals surface area contributed by atoms with Crippen LogP contribution in [0.2, 0.25) is 0 Å². The van der Waals surface area contributed by atoms with Crippen LogP contribution in [-0.2, 0) is 4.74 Å². The van der Waals surface area contributed by atoms with Gasteiger partial charge in [0.25, 0.3) is 0 Å². The summed E-state index contributed by atoms with van der Waals surface area (Å²) in [6, 6.07) is 7.09. The summed E-state index contributed by atoms with van der Waals surface area (Å²) >= 11 is 0. The van der Waals surface area contributed by atoms with E-state index >= 15 is 0 Å². The fraction of sp³-hybridized carbons (Fsp3) is 0.273. The molecule has 1 aromatic rings. The summed E-state index contributed by atoms with van der Waals surface area (Å²) < 4.78 is 4.73. The number of hydrogen-bond donors (Lipinski definition) is 1. The van der Waals surface area contributed by atoms with E-state index in [-0.39, 0.29) is 0 Å². The van der Waals surface area contributed by atoms with Crippen molar-refractivity contribution in [1.82, 2.24) is 0 Å². The highest BCUT2D eigenvalue weighted by molar-refractivity contribution is 5.89. The SMILES string of the molecule is Cc1cccc(C(=O)O[CH]C(C)O)c1. The second kappa shape index (κ2) is 4.77. The van der Waals surface area contributed by atoms with Gasteiger partial charge in [-0.05, 0) is 26.0 Å². The third-order valence-electron chi connectivity index (χ3n) is 1.63. The van der Waals surface area contributed by atoms with E-state index in [0.717, 1.165) is 12.2 Å². The first-order chi connectivity index (χ1) is 6.59. The minimum Gasteiger partial charge on any atom is -0.452 e. The van der Waals surface area contributed by atoms with Gasteiger partial charge in [-0.15, -0.1) is 0 Å². The Bertz CT molecular complexity index is 318. The Balaban J connectivity index is 2.61. The van der Waals surface area contributed by atoms with Crippen molar-refractivity contribution in [2.24, 2.45) is 0 Å². The molecule has 1 rings (SSSR count). The lowest BCUT2D eigenvalue weighted by atomic mass is 10.1. The molecule has 0 saturated carbocycles. The van der Waals surface area contributed by atoms with Gasteiger partial charge >= 0.3 is 5.97 Å². The highest BCUT2D eigenvalue weighted by Crippen LogP contribution is 2.06. The third kappa shape index (κ3) is 3.18. The normalized spacial score (nSPS) is 12.2. The van der Waals surface area contributed by atoms with Crippen molar-refractivity contribution in [2.75, 3.05) is 0 Å². The molecule has 0 heterocycles. The molecular weight excluding hydrogens is 180 g/mol. The van der Waals surface area contributed by atoms with Gasteiger partial charge in [0.05, 0.1) is 11.7 Å². The van der Waals surface area contributed by atoms with E-state index in [0.29, 0.717) is 5.56 Å². The Morgan fingerprint density at radius 2 is 2.29 bits per heavy atom. The Hall–Kier alpha value is -1.35. The van der Waals surface area contributed by atoms with Crippen LogP contribution in [0.5, 0.6) is 0 Å². The van der Waals surface area contributed by atoms with Gasteiger partial charge in [-0.2, -0.15) is 0 Å². The van der Waals surface area contributed by atoms with Gasteiger partial charge < -0.3 is 9.84 Å². The van der Waals surface area contributed by atoms with Gasteiger partial charge in [0.1, 0.15) is 0 Å². The van der Waals surface area contributed by atoms with Crippen molar-refractivity contribution in [1.29, 1.82) is 0 Å². The smallest absolute Gasteiger partial charge is 0.338 e. The number of esters is 1. The topological polar surface area (TPSA) is 46.5 Å². The maximum Gasteiger partial charge on any atom is 0.338 e. The monoisotopic (exact) mass is 193 g/mol. The Morgan fingerprint density at radius 3 is 2.86 bits per heavy atom. The fourth-order valence-electron chi connectivity index (χ4n) is 1.00. The molecule has 1 atom stereocenters. The number of ether oxygens (including phenoxy) is 1. The number of carbonyl (C=O) groups is 1. The first-order valence-electron chi connectivity index (χ1n) is 4.38. The maximum absolute atomic E-state index is 11.3. The molecule has 1 unspecified atom stereocenters. The van der Waals surface area contributed by atoms with Crippen LogP contribution in [0.25, 0.3) is 0 Å². The first kappa shape index (κ1) is 10.7. The summed E-state index contributed by atoms with van der Waals surface area (Å²) in [6.07, 6.45) is -0.747. The molecule has 1 aromatic carbocycles. The van der Waals surface area contributed by atoms with Gasteiger partial charge in [0.15, 0.2) is 6.61 Å². The summed E-state index contributed by atoms with van der Waals surface area (Å²) in [4.78, 5) is 11.3. The number of aliphatic hydroxyl groups excluding tert-OH is 1. The number of aliphatic hydroxyl groups is 1. The molecule has 1 N–H and O–H groups in total. The lowest BCUT2D eigenvalue weighted by molar-refractivity contribution is 0.0492. The number of benzene rings is 1. The molecule has 0 bridgehead atoms. The predicted molar refractivity (Wildman–Crippen MR) is 52.6 cm³/mol. The summed E-state index contributed by atoms with van der Waals surface area (Å²) in [6.45, 7) is 4.52. The van der Waals surface area contributed by atoms with Crippen LogP contribution < -0.4 is 0 Å². The van der Waals surface area contributed by atoms with Crippen LogP contribution in [0.1, 0.15) is 22.8 Å². The van der Waals surface area contributed by atoms with Crippen LogP contribution in [0.4, 0.5) is 0 Å². The minimum absolute atomic E-state index is 0.449. The Kier molecular flexibility index (Phi) is 3.65. The van der Waals surface area contributed by atoms with Crippen molar-refractivity contribution in [3.8, 4) is 0 Å². The van der Waals surface area contributed by atoms with E-state index < -0.39 is 12.1 Å². The zero-order valence-electron chi connectivity index (χ0n) is 8.23. The Morgan fingerprint density at radius 1 is 1.57 bits per heavy atom. The van der Waals surface area contributed by atoms with Gasteiger partial charge in [0, 0.05) is 0 Å². The zero-order valence-corrected chi connectivity index (χ0v) is 8.23. The summed E-state index contributed by atoms with van der Waals surface area (Å²) in [5, 5.41) is 8.87. The number of hydrogen-bond acceptors (Lipinski definition) is 3. The molecule has 0 saturated heterocycles. The van der Waals surface area contributed by atoms with E-state index in [9.17, 15) is 4.79 Å². The molecular formula is C11H13O3. The summed E-state index contributed by atoms with van der Waals surface area (Å²) in [7, 11) is 0. The maximum atomic E-state index is 11.3. The molecule has 0 aromatic heterocycles. The average molecular weight is 193 g/mol. The fourth-order valence-corrected chi connectivity index (χ4v) is 1.00. The molecule has 0 fully saturated rings. The number of carbonyl (C=O) groups excluding carboxylic acids is 1. The predicted octanol–water partition coefficient (Wildman–Crippen LogP) is 1.69. The van der Waals surface area contributed by atoms with E-state index in [1.165, 1.54) is 6.92 Å². The van der Waals surface area contributed by atoms with Crippen LogP contribution >= 0.6 is 0 Å². The van der Waals surface area contributed by atoms with Crippen molar-refractivity contribution < 1.29 is 14.6 Å². The van der Waals surface area contributed by atoms with Crippen molar-refractivity contribution in [3.05, 3.63) is 42.0 Å². The average Bonchev–Trinajstić information content (AvgIpc) is 2.14. The Labute approximate surface area is 83.3 Å². The highest BCUT2D eigenvalue weighted by atomic mass is 16.5. The second-order valence-electron chi connectivity index (χ2n) is 3.15. The zero-order chi connectivity index (χ0) is 10.6. The molecule has 3 heteroatoms. The van der Waals surface area contributed by atoms with Crippen LogP contribution in [0.15, 0.2) is 24.3 Å². The van der Waals surface area contributed by atoms with Crippen molar-refractivity contribution >= 4 is 5.97 Å². The van der Waals surface area contributed by atoms with E-state index in [4.69, 9.17) is 9.84 Å².